The highest BCUT2D eigenvalue weighted by Gasteiger charge is 2.18. The molecule has 0 radical (unpaired) electrons. The van der Waals surface area contributed by atoms with E-state index in [9.17, 15) is 9.46 Å². The number of hydrogen-bond acceptors (Lipinski definition) is 11. The van der Waals surface area contributed by atoms with Crippen LogP contribution >= 0.6 is 7.60 Å². The minimum absolute atomic E-state index is 0.0204. The summed E-state index contributed by atoms with van der Waals surface area (Å²) in [6, 6.07) is 0. The number of nitrogens with two attached hydrogens (primary N) is 2. The molecular weight excluding hydrogens is 559 g/mol. The van der Waals surface area contributed by atoms with Gasteiger partial charge in [0.15, 0.2) is 19.1 Å². The zero-order valence-corrected chi connectivity index (χ0v) is 26.7. The first kappa shape index (κ1) is 36.4. The Hall–Kier alpha value is -1.82. The van der Waals surface area contributed by atoms with Gasteiger partial charge in [-0.05, 0) is 12.8 Å². The van der Waals surface area contributed by atoms with Crippen LogP contribution in [0.25, 0.3) is 11.2 Å². The highest BCUT2D eigenvalue weighted by molar-refractivity contribution is 7.51. The Balaban J connectivity index is 1.47. The third-order valence-corrected chi connectivity index (χ3v) is 8.13. The molecule has 0 bridgehead atoms. The van der Waals surface area contributed by atoms with Crippen LogP contribution in [-0.2, 0) is 29.8 Å². The van der Waals surface area contributed by atoms with Crippen molar-refractivity contribution in [1.29, 1.82) is 0 Å². The molecule has 0 fully saturated rings. The van der Waals surface area contributed by atoms with Crippen LogP contribution < -0.4 is 16.4 Å². The Morgan fingerprint density at radius 1 is 0.881 bits per heavy atom. The van der Waals surface area contributed by atoms with Crippen molar-refractivity contribution < 1.29 is 28.2 Å². The topological polar surface area (TPSA) is 173 Å². The number of fused-ring (bicyclic) bond motifs is 1. The van der Waals surface area contributed by atoms with Crippen LogP contribution in [0.5, 0.6) is 0 Å². The third kappa shape index (κ3) is 15.6. The van der Waals surface area contributed by atoms with Gasteiger partial charge in [0.05, 0.1) is 32.2 Å². The molecule has 4 N–H and O–H groups in total. The standard InChI is InChI=1S/C29H55N6O6P/c1-3-4-5-6-7-8-9-10-11-12-13-14-15-16-18-39-19-17-20-41-42(36,37)24-40-25(22-38-2)21-35-23-32-26-27(30)33-29(31)34-28(26)35/h23,25H,3-22,24H2,1-2H3,(H,36,37)(H4,30,31,33,34)/p-1/t25-/m0/s1. The molecule has 13 heteroatoms. The summed E-state index contributed by atoms with van der Waals surface area (Å²) in [6.07, 6.45) is 19.4. The van der Waals surface area contributed by atoms with Crippen LogP contribution in [-0.4, -0.2) is 65.5 Å². The Kier molecular flexibility index (Phi) is 18.9. The van der Waals surface area contributed by atoms with Gasteiger partial charge in [-0.3, -0.25) is 0 Å². The van der Waals surface area contributed by atoms with E-state index in [2.05, 4.69) is 21.9 Å². The quantitative estimate of drug-likeness (QED) is 0.0970. The number of unbranched alkanes of at least 4 members (excludes halogenated alkanes) is 13. The normalized spacial score (nSPS) is 14.0. The molecule has 2 atom stereocenters. The largest absolute Gasteiger partial charge is 0.777 e. The monoisotopic (exact) mass is 613 g/mol. The highest BCUT2D eigenvalue weighted by atomic mass is 31.2. The molecule has 0 saturated carbocycles. The van der Waals surface area contributed by atoms with Gasteiger partial charge in [0.1, 0.15) is 11.9 Å². The van der Waals surface area contributed by atoms with E-state index in [1.54, 1.807) is 4.57 Å². The van der Waals surface area contributed by atoms with Crippen LogP contribution in [0.1, 0.15) is 103 Å². The molecule has 2 aromatic rings. The lowest BCUT2D eigenvalue weighted by molar-refractivity contribution is -0.206. The van der Waals surface area contributed by atoms with Crippen LogP contribution in [0.3, 0.4) is 0 Å². The zero-order chi connectivity index (χ0) is 30.5. The van der Waals surface area contributed by atoms with Crippen LogP contribution in [0.15, 0.2) is 6.33 Å². The fourth-order valence-electron chi connectivity index (χ4n) is 4.78. The van der Waals surface area contributed by atoms with E-state index in [-0.39, 0.29) is 31.5 Å². The van der Waals surface area contributed by atoms with Gasteiger partial charge in [0, 0.05) is 20.3 Å². The van der Waals surface area contributed by atoms with Crippen molar-refractivity contribution in [3.05, 3.63) is 6.33 Å². The number of imidazole rings is 1. The summed E-state index contributed by atoms with van der Waals surface area (Å²) < 4.78 is 35.6. The van der Waals surface area contributed by atoms with Crippen molar-refractivity contribution in [2.45, 2.75) is 116 Å². The average molecular weight is 614 g/mol. The van der Waals surface area contributed by atoms with E-state index < -0.39 is 20.0 Å². The molecule has 2 rings (SSSR count). The van der Waals surface area contributed by atoms with E-state index in [1.165, 1.54) is 96.9 Å². The maximum absolute atomic E-state index is 12.4. The van der Waals surface area contributed by atoms with Gasteiger partial charge in [-0.2, -0.15) is 9.97 Å². The second kappa shape index (κ2) is 21.8. The number of aromatic nitrogens is 4. The molecule has 0 aliphatic carbocycles. The molecule has 1 unspecified atom stereocenters. The summed E-state index contributed by atoms with van der Waals surface area (Å²) in [4.78, 5) is 24.6. The lowest BCUT2D eigenvalue weighted by atomic mass is 10.0. The smallest absolute Gasteiger partial charge is 0.224 e. The fraction of sp³-hybridized carbons (Fsp3) is 0.828. The first-order valence-electron chi connectivity index (χ1n) is 15.7. The summed E-state index contributed by atoms with van der Waals surface area (Å²) in [6.45, 7) is 3.86. The number of nitrogens with zero attached hydrogens (tertiary/aromatic N) is 4. The maximum atomic E-state index is 12.4. The predicted octanol–water partition coefficient (Wildman–Crippen LogP) is 5.44. The van der Waals surface area contributed by atoms with Crippen molar-refractivity contribution in [3.8, 4) is 0 Å². The second-order valence-corrected chi connectivity index (χ2v) is 12.7. The first-order chi connectivity index (χ1) is 20.4. The van der Waals surface area contributed by atoms with Gasteiger partial charge in [0.25, 0.3) is 0 Å². The molecule has 242 valence electrons. The van der Waals surface area contributed by atoms with Crippen LogP contribution in [0, 0.1) is 0 Å². The van der Waals surface area contributed by atoms with Crippen molar-refractivity contribution in [2.24, 2.45) is 0 Å². The average Bonchev–Trinajstić information content (AvgIpc) is 3.35. The van der Waals surface area contributed by atoms with Gasteiger partial charge in [-0.25, -0.2) is 4.98 Å². The van der Waals surface area contributed by atoms with Gasteiger partial charge < -0.3 is 44.2 Å². The second-order valence-electron chi connectivity index (χ2n) is 10.9. The molecule has 12 nitrogen and oxygen atoms in total. The number of anilines is 2. The summed E-state index contributed by atoms with van der Waals surface area (Å²) in [5, 5.41) is 0. The van der Waals surface area contributed by atoms with Crippen molar-refractivity contribution in [3.63, 3.8) is 0 Å². The molecule has 2 aromatic heterocycles. The predicted molar refractivity (Wildman–Crippen MR) is 165 cm³/mol. The first-order valence-corrected chi connectivity index (χ1v) is 17.5. The molecule has 2 heterocycles. The molecule has 0 aromatic carbocycles. The van der Waals surface area contributed by atoms with Gasteiger partial charge >= 0.3 is 0 Å². The van der Waals surface area contributed by atoms with Crippen molar-refractivity contribution >= 4 is 30.5 Å². The minimum Gasteiger partial charge on any atom is -0.777 e. The van der Waals surface area contributed by atoms with E-state index in [0.29, 0.717) is 30.8 Å². The van der Waals surface area contributed by atoms with E-state index in [1.807, 2.05) is 0 Å². The maximum Gasteiger partial charge on any atom is 0.224 e. The minimum atomic E-state index is -4.19. The molecule has 0 spiro atoms. The van der Waals surface area contributed by atoms with E-state index in [0.717, 1.165) is 6.42 Å². The number of hydrogen-bond donors (Lipinski definition) is 2. The number of rotatable bonds is 27. The lowest BCUT2D eigenvalue weighted by Crippen LogP contribution is -2.27. The molecule has 42 heavy (non-hydrogen) atoms. The fourth-order valence-corrected chi connectivity index (χ4v) is 5.65. The van der Waals surface area contributed by atoms with Crippen LogP contribution in [0.2, 0.25) is 0 Å². The third-order valence-electron chi connectivity index (χ3n) is 7.09. The number of methoxy groups -OCH3 is 1. The van der Waals surface area contributed by atoms with Gasteiger partial charge in [0.2, 0.25) is 5.95 Å². The Morgan fingerprint density at radius 2 is 1.48 bits per heavy atom. The molecule has 0 aliphatic heterocycles. The van der Waals surface area contributed by atoms with Crippen molar-refractivity contribution in [1.82, 2.24) is 19.5 Å². The Morgan fingerprint density at radius 3 is 2.10 bits per heavy atom. The SMILES string of the molecule is CCCCCCCCCCCCCCCCOCCCOP(=O)([O-])CO[C@H](COC)Cn1cnc2c(N)nc(N)nc21. The van der Waals surface area contributed by atoms with Gasteiger partial charge in [-0.15, -0.1) is 0 Å². The summed E-state index contributed by atoms with van der Waals surface area (Å²) >= 11 is 0. The zero-order valence-electron chi connectivity index (χ0n) is 25.8. The van der Waals surface area contributed by atoms with Gasteiger partial charge in [-0.1, -0.05) is 90.4 Å². The highest BCUT2D eigenvalue weighted by Crippen LogP contribution is 2.37. The van der Waals surface area contributed by atoms with Crippen molar-refractivity contribution in [2.75, 3.05) is 51.4 Å². The molecule has 0 saturated heterocycles. The Bertz CT molecular complexity index is 1030. The van der Waals surface area contributed by atoms with Crippen LogP contribution in [0.4, 0.5) is 11.8 Å². The summed E-state index contributed by atoms with van der Waals surface area (Å²) in [7, 11) is -2.68. The van der Waals surface area contributed by atoms with E-state index >= 15 is 0 Å². The number of nitrogen functional groups attached to an aromatic ring is 2. The Labute approximate surface area is 251 Å². The lowest BCUT2D eigenvalue weighted by Gasteiger charge is -2.26. The molecule has 0 aliphatic rings. The molecule has 0 amide bonds. The molecular formula is C29H54N6O6P-. The summed E-state index contributed by atoms with van der Waals surface area (Å²) in [5.41, 5.74) is 12.4. The van der Waals surface area contributed by atoms with E-state index in [4.69, 9.17) is 30.2 Å². The summed E-state index contributed by atoms with van der Waals surface area (Å²) in [5.74, 6) is 0.188. The number of ether oxygens (including phenoxy) is 3.